The van der Waals surface area contributed by atoms with Crippen molar-refractivity contribution < 1.29 is 23.8 Å². The predicted molar refractivity (Wildman–Crippen MR) is 130 cm³/mol. The number of rotatable bonds is 10. The van der Waals surface area contributed by atoms with Crippen LogP contribution in [0.5, 0.6) is 5.75 Å². The molecule has 0 saturated carbocycles. The minimum Gasteiger partial charge on any atom is -0.494 e. The topological polar surface area (TPSA) is 73.9 Å². The van der Waals surface area contributed by atoms with Gasteiger partial charge in [0.1, 0.15) is 11.4 Å². The number of hydrogen-bond acceptors (Lipinski definition) is 5. The zero-order chi connectivity index (χ0) is 24.4. The number of amides is 1. The molecule has 0 fully saturated rings. The minimum absolute atomic E-state index is 0.00929. The molecule has 1 atom stereocenters. The van der Waals surface area contributed by atoms with Crippen molar-refractivity contribution in [3.63, 3.8) is 0 Å². The highest BCUT2D eigenvalue weighted by atomic mass is 16.6. The summed E-state index contributed by atoms with van der Waals surface area (Å²) in [7, 11) is 1.33. The average Bonchev–Trinajstić information content (AvgIpc) is 2.76. The Balaban J connectivity index is 2.30. The van der Waals surface area contributed by atoms with Crippen molar-refractivity contribution in [2.75, 3.05) is 13.7 Å². The molecule has 1 amide bonds. The third kappa shape index (κ3) is 8.64. The molecule has 0 aliphatic carbocycles. The Morgan fingerprint density at radius 3 is 2.58 bits per heavy atom. The SMILES string of the molecule is C=CCCCOc1ccc(C)c(-c2cccc([C@H](CC(=O)OC)NC(=O)OC(C)(C)C)c2)c1. The van der Waals surface area contributed by atoms with Crippen LogP contribution in [0.3, 0.4) is 0 Å². The number of ether oxygens (including phenoxy) is 3. The van der Waals surface area contributed by atoms with E-state index in [0.717, 1.165) is 40.8 Å². The van der Waals surface area contributed by atoms with Gasteiger partial charge < -0.3 is 19.5 Å². The molecule has 0 spiro atoms. The van der Waals surface area contributed by atoms with Crippen molar-refractivity contribution in [3.05, 3.63) is 66.2 Å². The van der Waals surface area contributed by atoms with Crippen molar-refractivity contribution in [1.29, 1.82) is 0 Å². The van der Waals surface area contributed by atoms with Gasteiger partial charge in [0, 0.05) is 0 Å². The van der Waals surface area contributed by atoms with Crippen LogP contribution in [0.15, 0.2) is 55.1 Å². The molecule has 0 radical (unpaired) electrons. The zero-order valence-corrected chi connectivity index (χ0v) is 20.3. The van der Waals surface area contributed by atoms with Crippen LogP contribution in [-0.2, 0) is 14.3 Å². The van der Waals surface area contributed by atoms with Gasteiger partial charge in [-0.3, -0.25) is 4.79 Å². The van der Waals surface area contributed by atoms with E-state index in [4.69, 9.17) is 14.2 Å². The molecule has 2 rings (SSSR count). The van der Waals surface area contributed by atoms with Crippen LogP contribution in [0.25, 0.3) is 11.1 Å². The van der Waals surface area contributed by atoms with Crippen LogP contribution in [0.1, 0.15) is 57.2 Å². The fourth-order valence-electron chi connectivity index (χ4n) is 3.29. The highest BCUT2D eigenvalue weighted by molar-refractivity contribution is 5.74. The maximum atomic E-state index is 12.4. The number of methoxy groups -OCH3 is 1. The van der Waals surface area contributed by atoms with Gasteiger partial charge >= 0.3 is 12.1 Å². The average molecular weight is 454 g/mol. The molecule has 33 heavy (non-hydrogen) atoms. The quantitative estimate of drug-likeness (QED) is 0.266. The van der Waals surface area contributed by atoms with Crippen molar-refractivity contribution in [2.24, 2.45) is 0 Å². The molecule has 0 aromatic heterocycles. The number of carbonyl (C=O) groups is 2. The highest BCUT2D eigenvalue weighted by Gasteiger charge is 2.23. The molecule has 1 N–H and O–H groups in total. The van der Waals surface area contributed by atoms with Crippen LogP contribution in [0.4, 0.5) is 4.79 Å². The molecule has 2 aromatic carbocycles. The second-order valence-electron chi connectivity index (χ2n) is 8.86. The summed E-state index contributed by atoms with van der Waals surface area (Å²) < 4.78 is 16.1. The number of benzene rings is 2. The summed E-state index contributed by atoms with van der Waals surface area (Å²) in [4.78, 5) is 24.4. The fraction of sp³-hybridized carbons (Fsp3) is 0.407. The number of unbranched alkanes of at least 4 members (excludes halogenated alkanes) is 1. The van der Waals surface area contributed by atoms with Gasteiger partial charge in [-0.1, -0.05) is 30.3 Å². The standard InChI is InChI=1S/C27H35NO5/c1-7-8-9-15-32-22-14-13-19(2)23(17-22)20-11-10-12-21(16-20)24(18-25(29)31-6)28-26(30)33-27(3,4)5/h7,10-14,16-17,24H,1,8-9,15,18H2,2-6H3,(H,28,30)/t24-/m0/s1. The summed E-state index contributed by atoms with van der Waals surface area (Å²) >= 11 is 0. The van der Waals surface area contributed by atoms with Crippen molar-refractivity contribution in [3.8, 4) is 16.9 Å². The van der Waals surface area contributed by atoms with E-state index in [2.05, 4.69) is 11.9 Å². The number of allylic oxidation sites excluding steroid dienone is 1. The Kier molecular flexibility index (Phi) is 9.52. The van der Waals surface area contributed by atoms with Gasteiger partial charge in [-0.2, -0.15) is 0 Å². The minimum atomic E-state index is -0.648. The van der Waals surface area contributed by atoms with E-state index in [1.165, 1.54) is 7.11 Å². The molecular formula is C27H35NO5. The molecule has 0 unspecified atom stereocenters. The lowest BCUT2D eigenvalue weighted by Gasteiger charge is -2.24. The van der Waals surface area contributed by atoms with Crippen LogP contribution >= 0.6 is 0 Å². The summed E-state index contributed by atoms with van der Waals surface area (Å²) in [5, 5.41) is 2.80. The second-order valence-corrected chi connectivity index (χ2v) is 8.86. The first-order chi connectivity index (χ1) is 15.6. The summed E-state index contributed by atoms with van der Waals surface area (Å²) in [6.07, 6.45) is 3.10. The van der Waals surface area contributed by atoms with Gasteiger partial charge in [-0.05, 0) is 81.0 Å². The van der Waals surface area contributed by atoms with E-state index in [-0.39, 0.29) is 6.42 Å². The van der Waals surface area contributed by atoms with E-state index in [0.29, 0.717) is 6.61 Å². The Bertz CT molecular complexity index is 961. The molecule has 0 aliphatic rings. The first-order valence-corrected chi connectivity index (χ1v) is 11.1. The monoisotopic (exact) mass is 453 g/mol. The third-order valence-electron chi connectivity index (χ3n) is 4.92. The zero-order valence-electron chi connectivity index (χ0n) is 20.3. The van der Waals surface area contributed by atoms with Crippen molar-refractivity contribution in [2.45, 2.75) is 58.6 Å². The largest absolute Gasteiger partial charge is 0.494 e. The van der Waals surface area contributed by atoms with Gasteiger partial charge in [0.05, 0.1) is 26.2 Å². The van der Waals surface area contributed by atoms with Gasteiger partial charge in [0.2, 0.25) is 0 Å². The lowest BCUT2D eigenvalue weighted by Crippen LogP contribution is -2.36. The predicted octanol–water partition coefficient (Wildman–Crippen LogP) is 6.14. The number of carbonyl (C=O) groups excluding carboxylic acids is 2. The Labute approximate surface area is 196 Å². The van der Waals surface area contributed by atoms with E-state index in [9.17, 15) is 9.59 Å². The van der Waals surface area contributed by atoms with Gasteiger partial charge in [0.15, 0.2) is 0 Å². The molecular weight excluding hydrogens is 418 g/mol. The Hall–Kier alpha value is -3.28. The maximum Gasteiger partial charge on any atom is 0.408 e. The molecule has 6 nitrogen and oxygen atoms in total. The van der Waals surface area contributed by atoms with E-state index >= 15 is 0 Å². The lowest BCUT2D eigenvalue weighted by atomic mass is 9.95. The van der Waals surface area contributed by atoms with Crippen molar-refractivity contribution >= 4 is 12.1 Å². The molecule has 6 heteroatoms. The number of aryl methyl sites for hydroxylation is 1. The van der Waals surface area contributed by atoms with Gasteiger partial charge in [-0.15, -0.1) is 6.58 Å². The number of alkyl carbamates (subject to hydrolysis) is 1. The second kappa shape index (κ2) is 12.1. The molecule has 0 saturated heterocycles. The third-order valence-corrected chi connectivity index (χ3v) is 4.92. The molecule has 178 valence electrons. The molecule has 0 heterocycles. The van der Waals surface area contributed by atoms with Crippen LogP contribution < -0.4 is 10.1 Å². The first kappa shape index (κ1) is 26.0. The number of hydrogen-bond donors (Lipinski definition) is 1. The smallest absolute Gasteiger partial charge is 0.408 e. The van der Waals surface area contributed by atoms with Crippen LogP contribution in [-0.4, -0.2) is 31.4 Å². The van der Waals surface area contributed by atoms with Crippen molar-refractivity contribution in [1.82, 2.24) is 5.32 Å². The van der Waals surface area contributed by atoms with Gasteiger partial charge in [-0.25, -0.2) is 4.79 Å². The summed E-state index contributed by atoms with van der Waals surface area (Å²) in [5.74, 6) is 0.371. The fourth-order valence-corrected chi connectivity index (χ4v) is 3.29. The Morgan fingerprint density at radius 2 is 1.91 bits per heavy atom. The lowest BCUT2D eigenvalue weighted by molar-refractivity contribution is -0.141. The summed E-state index contributed by atoms with van der Waals surface area (Å²) in [6.45, 7) is 11.8. The van der Waals surface area contributed by atoms with Gasteiger partial charge in [0.25, 0.3) is 0 Å². The number of nitrogens with one attached hydrogen (secondary N) is 1. The number of esters is 1. The van der Waals surface area contributed by atoms with Crippen LogP contribution in [0.2, 0.25) is 0 Å². The molecule has 2 aromatic rings. The maximum absolute atomic E-state index is 12.4. The van der Waals surface area contributed by atoms with Crippen LogP contribution in [0, 0.1) is 6.92 Å². The first-order valence-electron chi connectivity index (χ1n) is 11.1. The van der Waals surface area contributed by atoms with E-state index < -0.39 is 23.7 Å². The normalized spacial score (nSPS) is 11.9. The molecule has 0 aliphatic heterocycles. The van der Waals surface area contributed by atoms with E-state index in [1.807, 2.05) is 55.5 Å². The highest BCUT2D eigenvalue weighted by Crippen LogP contribution is 2.30. The van der Waals surface area contributed by atoms with E-state index in [1.54, 1.807) is 20.8 Å². The summed E-state index contributed by atoms with van der Waals surface area (Å²) in [6, 6.07) is 13.1. The summed E-state index contributed by atoms with van der Waals surface area (Å²) in [5.41, 5.74) is 3.20. The molecule has 0 bridgehead atoms. The Morgan fingerprint density at radius 1 is 1.15 bits per heavy atom.